The highest BCUT2D eigenvalue weighted by Crippen LogP contribution is 2.31. The number of hydrogen-bond donors (Lipinski definition) is 2. The van der Waals surface area contributed by atoms with Crippen LogP contribution < -0.4 is 10.1 Å². The molecule has 8 heteroatoms. The molecule has 2 aromatic rings. The van der Waals surface area contributed by atoms with E-state index in [0.717, 1.165) is 5.56 Å². The summed E-state index contributed by atoms with van der Waals surface area (Å²) in [6, 6.07) is 13.2. The van der Waals surface area contributed by atoms with E-state index in [4.69, 9.17) is 14.2 Å². The van der Waals surface area contributed by atoms with Gasteiger partial charge in [0.1, 0.15) is 24.1 Å². The number of rotatable bonds is 7. The van der Waals surface area contributed by atoms with Crippen LogP contribution in [0.5, 0.6) is 5.75 Å². The Labute approximate surface area is 184 Å². The molecule has 0 aromatic heterocycles. The number of hydrogen-bond acceptors (Lipinski definition) is 6. The van der Waals surface area contributed by atoms with Gasteiger partial charge in [-0.1, -0.05) is 46.3 Å². The zero-order valence-corrected chi connectivity index (χ0v) is 18.9. The van der Waals surface area contributed by atoms with Crippen molar-refractivity contribution in [3.8, 4) is 5.75 Å². The highest BCUT2D eigenvalue weighted by Gasteiger charge is 2.34. The van der Waals surface area contributed by atoms with Crippen LogP contribution in [0.15, 0.2) is 53.0 Å². The number of ether oxygens (including phenoxy) is 3. The Morgan fingerprint density at radius 2 is 1.80 bits per heavy atom. The SMILES string of the molecule is COC(=O)[C@@H](NC(=O)OC(C)(C)C)C(O)c1cc(Br)ccc1OCc1ccccc1. The Morgan fingerprint density at radius 1 is 1.13 bits per heavy atom. The predicted molar refractivity (Wildman–Crippen MR) is 115 cm³/mol. The fourth-order valence-corrected chi connectivity index (χ4v) is 3.00. The molecule has 0 saturated heterocycles. The number of carbonyl (C=O) groups excluding carboxylic acids is 2. The number of esters is 1. The minimum absolute atomic E-state index is 0.268. The van der Waals surface area contributed by atoms with Crippen molar-refractivity contribution in [3.05, 3.63) is 64.1 Å². The molecule has 0 spiro atoms. The first-order valence-corrected chi connectivity index (χ1v) is 10.1. The molecule has 1 unspecified atom stereocenters. The number of carbonyl (C=O) groups is 2. The smallest absolute Gasteiger partial charge is 0.408 e. The topological polar surface area (TPSA) is 94.1 Å². The van der Waals surface area contributed by atoms with Gasteiger partial charge in [0.05, 0.1) is 7.11 Å². The van der Waals surface area contributed by atoms with Crippen LogP contribution in [0.1, 0.15) is 38.0 Å². The van der Waals surface area contributed by atoms with Gasteiger partial charge in [-0.25, -0.2) is 9.59 Å². The number of nitrogens with one attached hydrogen (secondary N) is 1. The Morgan fingerprint density at radius 3 is 2.40 bits per heavy atom. The molecule has 0 radical (unpaired) electrons. The van der Waals surface area contributed by atoms with E-state index in [-0.39, 0.29) is 6.61 Å². The maximum Gasteiger partial charge on any atom is 0.408 e. The van der Waals surface area contributed by atoms with E-state index in [1.54, 1.807) is 39.0 Å². The third-order valence-corrected chi connectivity index (χ3v) is 4.46. The number of aliphatic hydroxyl groups excluding tert-OH is 1. The van der Waals surface area contributed by atoms with E-state index >= 15 is 0 Å². The van der Waals surface area contributed by atoms with Gasteiger partial charge in [-0.2, -0.15) is 0 Å². The summed E-state index contributed by atoms with van der Waals surface area (Å²) >= 11 is 3.36. The molecule has 1 amide bonds. The molecule has 0 fully saturated rings. The minimum atomic E-state index is -1.44. The van der Waals surface area contributed by atoms with E-state index < -0.39 is 29.8 Å². The molecule has 0 aliphatic rings. The van der Waals surface area contributed by atoms with Crippen molar-refractivity contribution in [2.75, 3.05) is 7.11 Å². The van der Waals surface area contributed by atoms with Crippen molar-refractivity contribution in [3.63, 3.8) is 0 Å². The number of alkyl carbamates (subject to hydrolysis) is 1. The Hall–Kier alpha value is -2.58. The van der Waals surface area contributed by atoms with Crippen LogP contribution in [0.4, 0.5) is 4.79 Å². The summed E-state index contributed by atoms with van der Waals surface area (Å²) in [5, 5.41) is 13.3. The van der Waals surface area contributed by atoms with E-state index in [1.807, 2.05) is 30.3 Å². The first kappa shape index (κ1) is 23.7. The van der Waals surface area contributed by atoms with Crippen LogP contribution in [-0.4, -0.2) is 35.9 Å². The first-order chi connectivity index (χ1) is 14.1. The molecule has 2 N–H and O–H groups in total. The molecule has 2 rings (SSSR count). The summed E-state index contributed by atoms with van der Waals surface area (Å²) < 4.78 is 16.5. The van der Waals surface area contributed by atoms with Gasteiger partial charge in [-0.15, -0.1) is 0 Å². The number of methoxy groups -OCH3 is 1. The van der Waals surface area contributed by atoms with E-state index in [2.05, 4.69) is 21.2 Å². The molecule has 162 valence electrons. The largest absolute Gasteiger partial charge is 0.489 e. The van der Waals surface area contributed by atoms with Crippen molar-refractivity contribution in [1.82, 2.24) is 5.32 Å². The summed E-state index contributed by atoms with van der Waals surface area (Å²) in [6.07, 6.45) is -2.29. The standard InChI is InChI=1S/C22H26BrNO6/c1-22(2,3)30-21(27)24-18(20(26)28-4)19(25)16-12-15(23)10-11-17(16)29-13-14-8-6-5-7-9-14/h5-12,18-19,25H,13H2,1-4H3,(H,24,27)/t18-,19?/m0/s1. The molecular weight excluding hydrogens is 454 g/mol. The number of benzene rings is 2. The molecule has 7 nitrogen and oxygen atoms in total. The van der Waals surface area contributed by atoms with Gasteiger partial charge in [-0.3, -0.25) is 0 Å². The van der Waals surface area contributed by atoms with Crippen molar-refractivity contribution in [2.45, 2.75) is 45.1 Å². The second kappa shape index (κ2) is 10.4. The molecule has 2 atom stereocenters. The summed E-state index contributed by atoms with van der Waals surface area (Å²) in [5.74, 6) is -0.447. The van der Waals surface area contributed by atoms with Gasteiger partial charge in [0, 0.05) is 10.0 Å². The molecule has 0 aliphatic carbocycles. The molecule has 0 heterocycles. The molecular formula is C22H26BrNO6. The van der Waals surface area contributed by atoms with Gasteiger partial charge in [-0.05, 0) is 44.5 Å². The van der Waals surface area contributed by atoms with Gasteiger partial charge >= 0.3 is 12.1 Å². The van der Waals surface area contributed by atoms with Crippen molar-refractivity contribution in [1.29, 1.82) is 0 Å². The zero-order chi connectivity index (χ0) is 22.3. The lowest BCUT2D eigenvalue weighted by molar-refractivity contribution is -0.146. The van der Waals surface area contributed by atoms with Gasteiger partial charge in [0.2, 0.25) is 0 Å². The van der Waals surface area contributed by atoms with Crippen LogP contribution in [0.3, 0.4) is 0 Å². The third-order valence-electron chi connectivity index (χ3n) is 3.97. The third kappa shape index (κ3) is 7.03. The predicted octanol–water partition coefficient (Wildman–Crippen LogP) is 4.13. The fraction of sp³-hybridized carbons (Fsp3) is 0.364. The summed E-state index contributed by atoms with van der Waals surface area (Å²) in [5.41, 5.74) is 0.485. The number of aliphatic hydroxyl groups is 1. The average Bonchev–Trinajstić information content (AvgIpc) is 2.69. The monoisotopic (exact) mass is 479 g/mol. The lowest BCUT2D eigenvalue weighted by atomic mass is 10.0. The maximum atomic E-state index is 12.3. The van der Waals surface area contributed by atoms with Crippen LogP contribution in [0, 0.1) is 0 Å². The molecule has 0 saturated carbocycles. The van der Waals surface area contributed by atoms with Gasteiger partial charge in [0.15, 0.2) is 6.04 Å². The molecule has 30 heavy (non-hydrogen) atoms. The lowest BCUT2D eigenvalue weighted by Crippen LogP contribution is -2.47. The van der Waals surface area contributed by atoms with Gasteiger partial charge < -0.3 is 24.6 Å². The zero-order valence-electron chi connectivity index (χ0n) is 17.3. The van der Waals surface area contributed by atoms with E-state index in [9.17, 15) is 14.7 Å². The number of amides is 1. The highest BCUT2D eigenvalue weighted by atomic mass is 79.9. The Bertz CT molecular complexity index is 866. The van der Waals surface area contributed by atoms with Gasteiger partial charge in [0.25, 0.3) is 0 Å². The molecule has 0 aliphatic heterocycles. The second-order valence-corrected chi connectivity index (χ2v) is 8.46. The van der Waals surface area contributed by atoms with Crippen LogP contribution in [-0.2, 0) is 20.9 Å². The Kier molecular flexibility index (Phi) is 8.25. The lowest BCUT2D eigenvalue weighted by Gasteiger charge is -2.26. The quantitative estimate of drug-likeness (QED) is 0.579. The van der Waals surface area contributed by atoms with Crippen molar-refractivity contribution >= 4 is 28.0 Å². The summed E-state index contributed by atoms with van der Waals surface area (Å²) in [6.45, 7) is 5.35. The van der Waals surface area contributed by atoms with Crippen LogP contribution in [0.25, 0.3) is 0 Å². The average molecular weight is 480 g/mol. The second-order valence-electron chi connectivity index (χ2n) is 7.55. The van der Waals surface area contributed by atoms with Crippen LogP contribution >= 0.6 is 15.9 Å². The summed E-state index contributed by atoms with van der Waals surface area (Å²) in [7, 11) is 1.17. The molecule has 0 bridgehead atoms. The normalized spacial score (nSPS) is 13.1. The van der Waals surface area contributed by atoms with Crippen molar-refractivity contribution in [2.24, 2.45) is 0 Å². The van der Waals surface area contributed by atoms with Crippen molar-refractivity contribution < 1.29 is 28.9 Å². The Balaban J connectivity index is 2.27. The molecule has 2 aromatic carbocycles. The fourth-order valence-electron chi connectivity index (χ4n) is 2.63. The van der Waals surface area contributed by atoms with E-state index in [0.29, 0.717) is 15.8 Å². The first-order valence-electron chi connectivity index (χ1n) is 9.32. The maximum absolute atomic E-state index is 12.3. The number of halogens is 1. The summed E-state index contributed by atoms with van der Waals surface area (Å²) in [4.78, 5) is 24.5. The highest BCUT2D eigenvalue weighted by molar-refractivity contribution is 9.10. The minimum Gasteiger partial charge on any atom is -0.489 e. The van der Waals surface area contributed by atoms with E-state index in [1.165, 1.54) is 7.11 Å². The van der Waals surface area contributed by atoms with Crippen LogP contribution in [0.2, 0.25) is 0 Å².